The number of urea groups is 1. The van der Waals surface area contributed by atoms with Gasteiger partial charge >= 0.3 is 6.03 Å². The summed E-state index contributed by atoms with van der Waals surface area (Å²) in [5, 5.41) is 5.63. The van der Waals surface area contributed by atoms with E-state index in [1.165, 1.54) is 5.56 Å². The van der Waals surface area contributed by atoms with E-state index in [1.807, 2.05) is 24.3 Å². The first-order chi connectivity index (χ1) is 12.4. The number of imide groups is 1. The molecule has 1 spiro atoms. The molecule has 0 atom stereocenters. The Morgan fingerprint density at radius 2 is 1.81 bits per heavy atom. The van der Waals surface area contributed by atoms with E-state index in [1.54, 1.807) is 0 Å². The van der Waals surface area contributed by atoms with Crippen LogP contribution in [0.15, 0.2) is 24.3 Å². The Labute approximate surface area is 154 Å². The molecule has 1 saturated heterocycles. The average molecular weight is 357 g/mol. The van der Waals surface area contributed by atoms with E-state index in [2.05, 4.69) is 24.5 Å². The summed E-state index contributed by atoms with van der Waals surface area (Å²) < 4.78 is 0. The molecule has 1 saturated carbocycles. The maximum absolute atomic E-state index is 12.7. The molecule has 1 aliphatic carbocycles. The van der Waals surface area contributed by atoms with E-state index in [9.17, 15) is 14.4 Å². The van der Waals surface area contributed by atoms with Crippen molar-refractivity contribution in [2.24, 2.45) is 5.92 Å². The van der Waals surface area contributed by atoms with Gasteiger partial charge in [-0.1, -0.05) is 38.1 Å². The number of rotatable bonds is 5. The van der Waals surface area contributed by atoms with Crippen molar-refractivity contribution in [3.05, 3.63) is 35.4 Å². The minimum absolute atomic E-state index is 0.227. The van der Waals surface area contributed by atoms with Crippen LogP contribution in [0.3, 0.4) is 0 Å². The largest absolute Gasteiger partial charge is 0.350 e. The molecule has 1 aromatic rings. The molecule has 0 unspecified atom stereocenters. The monoisotopic (exact) mass is 357 g/mol. The zero-order chi connectivity index (χ0) is 18.7. The number of amides is 4. The first-order valence-electron chi connectivity index (χ1n) is 9.42. The maximum Gasteiger partial charge on any atom is 0.325 e. The van der Waals surface area contributed by atoms with Gasteiger partial charge in [-0.2, -0.15) is 0 Å². The van der Waals surface area contributed by atoms with E-state index >= 15 is 0 Å². The fourth-order valence-electron chi connectivity index (χ4n) is 3.71. The van der Waals surface area contributed by atoms with Crippen LogP contribution >= 0.6 is 0 Å². The van der Waals surface area contributed by atoms with Gasteiger partial charge in [0, 0.05) is 6.54 Å². The van der Waals surface area contributed by atoms with E-state index < -0.39 is 11.6 Å². The lowest BCUT2D eigenvalue weighted by Crippen LogP contribution is -2.49. The molecular weight excluding hydrogens is 330 g/mol. The third-order valence-corrected chi connectivity index (χ3v) is 5.60. The summed E-state index contributed by atoms with van der Waals surface area (Å²) in [5.74, 6) is -0.00656. The molecule has 0 radical (unpaired) electrons. The number of carbonyl (C=O) groups excluding carboxylic acids is 3. The Kier molecular flexibility index (Phi) is 5.30. The smallest absolute Gasteiger partial charge is 0.325 e. The van der Waals surface area contributed by atoms with Crippen molar-refractivity contribution in [3.63, 3.8) is 0 Å². The van der Waals surface area contributed by atoms with Crippen LogP contribution in [0.1, 0.15) is 50.7 Å². The standard InChI is InChI=1S/C20H27N3O3/c1-3-15-4-6-16(7-5-15)12-21-17(24)13-23-18(25)20(22-19(23)26)10-8-14(2)9-11-20/h4-7,14H,3,8-13H2,1-2H3,(H,21,24)(H,22,26). The van der Waals surface area contributed by atoms with Crippen LogP contribution in [-0.4, -0.2) is 34.8 Å². The number of nitrogens with zero attached hydrogens (tertiary/aromatic N) is 1. The van der Waals surface area contributed by atoms with Gasteiger partial charge in [-0.15, -0.1) is 0 Å². The quantitative estimate of drug-likeness (QED) is 0.794. The van der Waals surface area contributed by atoms with Crippen molar-refractivity contribution in [1.82, 2.24) is 15.5 Å². The molecule has 3 rings (SSSR count). The summed E-state index contributed by atoms with van der Waals surface area (Å²) >= 11 is 0. The fourth-order valence-corrected chi connectivity index (χ4v) is 3.71. The second kappa shape index (κ2) is 7.48. The molecule has 6 nitrogen and oxygen atoms in total. The molecule has 140 valence electrons. The van der Waals surface area contributed by atoms with Gasteiger partial charge in [-0.25, -0.2) is 4.79 Å². The first-order valence-corrected chi connectivity index (χ1v) is 9.42. The van der Waals surface area contributed by atoms with Gasteiger partial charge in [0.15, 0.2) is 0 Å². The third-order valence-electron chi connectivity index (χ3n) is 5.60. The van der Waals surface area contributed by atoms with E-state index in [0.29, 0.717) is 25.3 Å². The summed E-state index contributed by atoms with van der Waals surface area (Å²) in [6, 6.07) is 7.57. The second-order valence-electron chi connectivity index (χ2n) is 7.53. The second-order valence-corrected chi connectivity index (χ2v) is 7.53. The number of nitrogens with one attached hydrogen (secondary N) is 2. The first kappa shape index (κ1) is 18.4. The van der Waals surface area contributed by atoms with Crippen LogP contribution in [0, 0.1) is 5.92 Å². The number of carbonyl (C=O) groups is 3. The molecule has 6 heteroatoms. The van der Waals surface area contributed by atoms with Gasteiger partial charge < -0.3 is 10.6 Å². The van der Waals surface area contributed by atoms with Crippen LogP contribution in [0.25, 0.3) is 0 Å². The highest BCUT2D eigenvalue weighted by molar-refractivity contribution is 6.09. The molecule has 1 aromatic carbocycles. The molecule has 1 aliphatic heterocycles. The summed E-state index contributed by atoms with van der Waals surface area (Å²) in [7, 11) is 0. The molecule has 0 bridgehead atoms. The van der Waals surface area contributed by atoms with E-state index in [0.717, 1.165) is 29.7 Å². The summed E-state index contributed by atoms with van der Waals surface area (Å²) in [5.41, 5.74) is 1.44. The zero-order valence-corrected chi connectivity index (χ0v) is 15.5. The Balaban J connectivity index is 1.55. The third kappa shape index (κ3) is 3.74. The SMILES string of the molecule is CCc1ccc(CNC(=O)CN2C(=O)NC3(CCC(C)CC3)C2=O)cc1. The lowest BCUT2D eigenvalue weighted by atomic mass is 9.77. The van der Waals surface area contributed by atoms with E-state index in [4.69, 9.17) is 0 Å². The molecule has 2 N–H and O–H groups in total. The van der Waals surface area contributed by atoms with Crippen LogP contribution in [-0.2, 0) is 22.6 Å². The van der Waals surface area contributed by atoms with E-state index in [-0.39, 0.29) is 18.4 Å². The highest BCUT2D eigenvalue weighted by Crippen LogP contribution is 2.36. The van der Waals surface area contributed by atoms with Crippen molar-refractivity contribution >= 4 is 17.8 Å². The van der Waals surface area contributed by atoms with Crippen LogP contribution in [0.2, 0.25) is 0 Å². The minimum Gasteiger partial charge on any atom is -0.350 e. The number of aryl methyl sites for hydroxylation is 1. The van der Waals surface area contributed by atoms with Crippen LogP contribution in [0.5, 0.6) is 0 Å². The Hall–Kier alpha value is -2.37. The summed E-state index contributed by atoms with van der Waals surface area (Å²) in [4.78, 5) is 38.3. The van der Waals surface area contributed by atoms with Gasteiger partial charge in [-0.3, -0.25) is 14.5 Å². The average Bonchev–Trinajstić information content (AvgIpc) is 2.87. The summed E-state index contributed by atoms with van der Waals surface area (Å²) in [6.07, 6.45) is 4.11. The van der Waals surface area contributed by atoms with Gasteiger partial charge in [-0.05, 0) is 49.1 Å². The summed E-state index contributed by atoms with van der Waals surface area (Å²) in [6.45, 7) is 4.41. The van der Waals surface area contributed by atoms with Crippen molar-refractivity contribution < 1.29 is 14.4 Å². The van der Waals surface area contributed by atoms with Gasteiger partial charge in [0.2, 0.25) is 5.91 Å². The Morgan fingerprint density at radius 1 is 1.19 bits per heavy atom. The van der Waals surface area contributed by atoms with Crippen molar-refractivity contribution in [1.29, 1.82) is 0 Å². The number of benzene rings is 1. The topological polar surface area (TPSA) is 78.5 Å². The number of hydrogen-bond acceptors (Lipinski definition) is 3. The lowest BCUT2D eigenvalue weighted by Gasteiger charge is -2.33. The van der Waals surface area contributed by atoms with Gasteiger partial charge in [0.25, 0.3) is 5.91 Å². The van der Waals surface area contributed by atoms with Crippen molar-refractivity contribution in [3.8, 4) is 0 Å². The highest BCUT2D eigenvalue weighted by atomic mass is 16.2. The maximum atomic E-state index is 12.7. The zero-order valence-electron chi connectivity index (χ0n) is 15.5. The normalized spacial score (nSPS) is 25.5. The van der Waals surface area contributed by atoms with Gasteiger partial charge in [0.1, 0.15) is 12.1 Å². The molecular formula is C20H27N3O3. The lowest BCUT2D eigenvalue weighted by molar-refractivity contribution is -0.136. The van der Waals surface area contributed by atoms with Crippen LogP contribution < -0.4 is 10.6 Å². The number of hydrogen-bond donors (Lipinski definition) is 2. The van der Waals surface area contributed by atoms with Gasteiger partial charge in [0.05, 0.1) is 0 Å². The molecule has 2 fully saturated rings. The molecule has 4 amide bonds. The van der Waals surface area contributed by atoms with Crippen molar-refractivity contribution in [2.45, 2.75) is 58.0 Å². The van der Waals surface area contributed by atoms with Crippen molar-refractivity contribution in [2.75, 3.05) is 6.54 Å². The molecule has 2 aliphatic rings. The molecule has 1 heterocycles. The minimum atomic E-state index is -0.792. The Bertz CT molecular complexity index is 691. The molecule has 26 heavy (non-hydrogen) atoms. The Morgan fingerprint density at radius 3 is 2.42 bits per heavy atom. The molecule has 0 aromatic heterocycles. The van der Waals surface area contributed by atoms with Crippen LogP contribution in [0.4, 0.5) is 4.79 Å². The highest BCUT2D eigenvalue weighted by Gasteiger charge is 2.52. The predicted molar refractivity (Wildman–Crippen MR) is 98.3 cm³/mol. The predicted octanol–water partition coefficient (Wildman–Crippen LogP) is 2.37. The fraction of sp³-hybridized carbons (Fsp3) is 0.550.